The molecule has 2 saturated heterocycles. The Balaban J connectivity index is 1.70. The third-order valence-electron chi connectivity index (χ3n) is 3.66. The molecule has 0 unspecified atom stereocenters. The average molecular weight is 235 g/mol. The molecule has 5 heteroatoms. The van der Waals surface area contributed by atoms with Crippen LogP contribution in [0, 0.1) is 0 Å². The van der Waals surface area contributed by atoms with Gasteiger partial charge in [-0.3, -0.25) is 0 Å². The van der Waals surface area contributed by atoms with Gasteiger partial charge in [0.2, 0.25) is 5.95 Å². The van der Waals surface area contributed by atoms with Crippen molar-refractivity contribution in [1.82, 2.24) is 9.97 Å². The second-order valence-corrected chi connectivity index (χ2v) is 4.78. The number of hydrogen-bond acceptors (Lipinski definition) is 5. The summed E-state index contributed by atoms with van der Waals surface area (Å²) in [6.07, 6.45) is 5.81. The fraction of sp³-hybridized carbons (Fsp3) is 0.667. The summed E-state index contributed by atoms with van der Waals surface area (Å²) < 4.78 is 11.3. The first-order valence-corrected chi connectivity index (χ1v) is 6.00. The van der Waals surface area contributed by atoms with Crippen LogP contribution in [0.3, 0.4) is 0 Å². The van der Waals surface area contributed by atoms with Crippen molar-refractivity contribution >= 4 is 5.95 Å². The lowest BCUT2D eigenvalue weighted by molar-refractivity contribution is 0.0154. The molecular formula is C12H17N3O2. The lowest BCUT2D eigenvalue weighted by Gasteiger charge is -2.23. The average Bonchev–Trinajstić information content (AvgIpc) is 2.99. The summed E-state index contributed by atoms with van der Waals surface area (Å²) in [5.41, 5.74) is -0.0418. The zero-order valence-corrected chi connectivity index (χ0v) is 10.0. The monoisotopic (exact) mass is 235 g/mol. The Morgan fingerprint density at radius 3 is 3.00 bits per heavy atom. The van der Waals surface area contributed by atoms with Crippen molar-refractivity contribution < 1.29 is 9.47 Å². The van der Waals surface area contributed by atoms with Crippen molar-refractivity contribution in [3.05, 3.63) is 18.5 Å². The lowest BCUT2D eigenvalue weighted by atomic mass is 9.98. The van der Waals surface area contributed by atoms with Crippen LogP contribution in [-0.2, 0) is 9.47 Å². The highest BCUT2D eigenvalue weighted by Gasteiger charge is 2.46. The molecule has 0 radical (unpaired) electrons. The third-order valence-corrected chi connectivity index (χ3v) is 3.66. The molecule has 92 valence electrons. The van der Waals surface area contributed by atoms with Crippen LogP contribution in [0.4, 0.5) is 5.95 Å². The molecule has 0 aliphatic carbocycles. The summed E-state index contributed by atoms with van der Waals surface area (Å²) >= 11 is 0. The summed E-state index contributed by atoms with van der Waals surface area (Å²) in [6, 6.07) is 1.84. The van der Waals surface area contributed by atoms with Crippen molar-refractivity contribution in [2.24, 2.45) is 0 Å². The highest BCUT2D eigenvalue weighted by atomic mass is 16.6. The van der Waals surface area contributed by atoms with Crippen LogP contribution in [-0.4, -0.2) is 48.5 Å². The predicted octanol–water partition coefficient (Wildman–Crippen LogP) is 0.861. The number of ether oxygens (including phenoxy) is 2. The molecule has 0 bridgehead atoms. The molecule has 1 aromatic heterocycles. The van der Waals surface area contributed by atoms with E-state index < -0.39 is 0 Å². The maximum Gasteiger partial charge on any atom is 0.225 e. The SMILES string of the molecule is CO[C@H]1CO[C@@]2(CCN(c3ncccn3)C2)C1. The van der Waals surface area contributed by atoms with E-state index in [-0.39, 0.29) is 11.7 Å². The first kappa shape index (κ1) is 10.9. The number of hydrogen-bond donors (Lipinski definition) is 0. The van der Waals surface area contributed by atoms with Crippen LogP contribution in [0.5, 0.6) is 0 Å². The van der Waals surface area contributed by atoms with Crippen LogP contribution in [0.2, 0.25) is 0 Å². The largest absolute Gasteiger partial charge is 0.379 e. The number of rotatable bonds is 2. The van der Waals surface area contributed by atoms with E-state index in [2.05, 4.69) is 14.9 Å². The molecular weight excluding hydrogens is 218 g/mol. The minimum atomic E-state index is -0.0418. The van der Waals surface area contributed by atoms with E-state index in [0.29, 0.717) is 6.61 Å². The highest BCUT2D eigenvalue weighted by Crippen LogP contribution is 2.36. The van der Waals surface area contributed by atoms with Gasteiger partial charge in [0.15, 0.2) is 0 Å². The molecule has 2 fully saturated rings. The molecule has 3 rings (SSSR count). The van der Waals surface area contributed by atoms with Crippen LogP contribution in [0.1, 0.15) is 12.8 Å². The minimum absolute atomic E-state index is 0.0418. The maximum absolute atomic E-state index is 5.93. The predicted molar refractivity (Wildman–Crippen MR) is 63.0 cm³/mol. The van der Waals surface area contributed by atoms with E-state index in [1.165, 1.54) is 0 Å². The molecule has 1 spiro atoms. The lowest BCUT2D eigenvalue weighted by Crippen LogP contribution is -2.33. The fourth-order valence-electron chi connectivity index (χ4n) is 2.71. The second-order valence-electron chi connectivity index (χ2n) is 4.78. The quantitative estimate of drug-likeness (QED) is 0.761. The molecule has 2 aliphatic heterocycles. The van der Waals surface area contributed by atoms with Gasteiger partial charge in [-0.05, 0) is 12.5 Å². The molecule has 3 heterocycles. The third kappa shape index (κ3) is 2.00. The zero-order valence-electron chi connectivity index (χ0n) is 10.0. The minimum Gasteiger partial charge on any atom is -0.379 e. The summed E-state index contributed by atoms with van der Waals surface area (Å²) in [4.78, 5) is 10.8. The Labute approximate surface area is 101 Å². The van der Waals surface area contributed by atoms with Gasteiger partial charge in [0.05, 0.1) is 24.9 Å². The Bertz CT molecular complexity index is 387. The fourth-order valence-corrected chi connectivity index (χ4v) is 2.71. The van der Waals surface area contributed by atoms with Crippen LogP contribution < -0.4 is 4.90 Å². The normalized spacial score (nSPS) is 32.5. The van der Waals surface area contributed by atoms with E-state index in [1.54, 1.807) is 19.5 Å². The van der Waals surface area contributed by atoms with E-state index in [1.807, 2.05) is 6.07 Å². The van der Waals surface area contributed by atoms with Crippen molar-refractivity contribution in [1.29, 1.82) is 0 Å². The second kappa shape index (κ2) is 4.23. The van der Waals surface area contributed by atoms with E-state index >= 15 is 0 Å². The zero-order chi connectivity index (χ0) is 11.7. The first-order chi connectivity index (χ1) is 8.31. The van der Waals surface area contributed by atoms with Crippen molar-refractivity contribution in [2.45, 2.75) is 24.5 Å². The molecule has 1 aromatic rings. The molecule has 0 saturated carbocycles. The van der Waals surface area contributed by atoms with E-state index in [4.69, 9.17) is 9.47 Å². The molecule has 2 aliphatic rings. The first-order valence-electron chi connectivity index (χ1n) is 6.00. The van der Waals surface area contributed by atoms with Gasteiger partial charge in [-0.25, -0.2) is 9.97 Å². The summed E-state index contributed by atoms with van der Waals surface area (Å²) in [5, 5.41) is 0. The summed E-state index contributed by atoms with van der Waals surface area (Å²) in [5.74, 6) is 0.800. The summed E-state index contributed by atoms with van der Waals surface area (Å²) in [6.45, 7) is 2.54. The Kier molecular flexibility index (Phi) is 2.72. The van der Waals surface area contributed by atoms with Crippen LogP contribution in [0.15, 0.2) is 18.5 Å². The van der Waals surface area contributed by atoms with Gasteiger partial charge in [0.1, 0.15) is 0 Å². The van der Waals surface area contributed by atoms with Gasteiger partial charge >= 0.3 is 0 Å². The van der Waals surface area contributed by atoms with Crippen molar-refractivity contribution in [3.63, 3.8) is 0 Å². The number of nitrogens with zero attached hydrogens (tertiary/aromatic N) is 3. The van der Waals surface area contributed by atoms with Crippen LogP contribution in [0.25, 0.3) is 0 Å². The van der Waals surface area contributed by atoms with Gasteiger partial charge in [-0.15, -0.1) is 0 Å². The highest BCUT2D eigenvalue weighted by molar-refractivity contribution is 5.32. The Morgan fingerprint density at radius 1 is 1.47 bits per heavy atom. The number of anilines is 1. The summed E-state index contributed by atoms with van der Waals surface area (Å²) in [7, 11) is 1.75. The van der Waals surface area contributed by atoms with Crippen molar-refractivity contribution in [2.75, 3.05) is 31.7 Å². The standard InChI is InChI=1S/C12H17N3O2/c1-16-10-7-12(17-8-10)3-6-15(9-12)11-13-4-2-5-14-11/h2,4-5,10H,3,6-9H2,1H3/t10-,12+/m1/s1. The maximum atomic E-state index is 5.93. The Hall–Kier alpha value is -1.20. The van der Waals surface area contributed by atoms with Gasteiger partial charge in [0.25, 0.3) is 0 Å². The molecule has 0 N–H and O–H groups in total. The van der Waals surface area contributed by atoms with Gasteiger partial charge in [-0.1, -0.05) is 0 Å². The molecule has 2 atom stereocenters. The Morgan fingerprint density at radius 2 is 2.29 bits per heavy atom. The van der Waals surface area contributed by atoms with E-state index in [9.17, 15) is 0 Å². The van der Waals surface area contributed by atoms with Crippen LogP contribution >= 0.6 is 0 Å². The van der Waals surface area contributed by atoms with Gasteiger partial charge < -0.3 is 14.4 Å². The molecule has 5 nitrogen and oxygen atoms in total. The molecule has 0 amide bonds. The van der Waals surface area contributed by atoms with Gasteiger partial charge in [-0.2, -0.15) is 0 Å². The van der Waals surface area contributed by atoms with Gasteiger partial charge in [0, 0.05) is 32.5 Å². The van der Waals surface area contributed by atoms with E-state index in [0.717, 1.165) is 31.9 Å². The number of aromatic nitrogens is 2. The van der Waals surface area contributed by atoms with Crippen molar-refractivity contribution in [3.8, 4) is 0 Å². The smallest absolute Gasteiger partial charge is 0.225 e. The number of methoxy groups -OCH3 is 1. The topological polar surface area (TPSA) is 47.5 Å². The molecule has 0 aromatic carbocycles. The molecule has 17 heavy (non-hydrogen) atoms.